The predicted octanol–water partition coefficient (Wildman–Crippen LogP) is 3.80. The molecule has 2 aromatic heterocycles. The molecule has 2 heterocycles. The van der Waals surface area contributed by atoms with Crippen LogP contribution in [0.2, 0.25) is 0 Å². The van der Waals surface area contributed by atoms with Crippen molar-refractivity contribution in [3.63, 3.8) is 0 Å². The molecular weight excluding hydrogens is 408 g/mol. The monoisotopic (exact) mass is 426 g/mol. The second-order valence-corrected chi connectivity index (χ2v) is 8.62. The van der Waals surface area contributed by atoms with Crippen LogP contribution in [0.5, 0.6) is 0 Å². The number of hydrogen-bond acceptors (Lipinski definition) is 7. The lowest BCUT2D eigenvalue weighted by molar-refractivity contribution is -0.113. The molecule has 2 aromatic carbocycles. The minimum atomic E-state index is -0.277. The maximum atomic E-state index is 12.2. The van der Waals surface area contributed by atoms with E-state index >= 15 is 0 Å². The number of thioether (sulfide) groups is 1. The number of hydrogen-bond donors (Lipinski definition) is 4. The minimum absolute atomic E-state index is 0.161. The van der Waals surface area contributed by atoms with Crippen LogP contribution in [0.4, 0.5) is 16.5 Å². The van der Waals surface area contributed by atoms with Crippen molar-refractivity contribution in [3.05, 3.63) is 58.0 Å². The van der Waals surface area contributed by atoms with Gasteiger partial charge in [0.15, 0.2) is 4.34 Å². The van der Waals surface area contributed by atoms with E-state index in [1.54, 1.807) is 18.2 Å². The number of nitrogens with zero attached hydrogens (tertiary/aromatic N) is 2. The number of amides is 1. The summed E-state index contributed by atoms with van der Waals surface area (Å²) in [6, 6.07) is 11.3. The van der Waals surface area contributed by atoms with Crippen LogP contribution in [-0.4, -0.2) is 31.8 Å². The number of H-pyrrole nitrogens is 2. The molecule has 4 N–H and O–H groups in total. The Morgan fingerprint density at radius 1 is 1.14 bits per heavy atom. The molecule has 0 aliphatic carbocycles. The molecule has 148 valence electrons. The molecule has 0 atom stereocenters. The van der Waals surface area contributed by atoms with Crippen molar-refractivity contribution in [3.8, 4) is 0 Å². The Morgan fingerprint density at radius 3 is 2.83 bits per heavy atom. The molecule has 29 heavy (non-hydrogen) atoms. The summed E-state index contributed by atoms with van der Waals surface area (Å²) < 4.78 is 0.707. The second-order valence-electron chi connectivity index (χ2n) is 6.42. The van der Waals surface area contributed by atoms with E-state index in [9.17, 15) is 9.59 Å². The average Bonchev–Trinajstić information content (AvgIpc) is 3.28. The van der Waals surface area contributed by atoms with Gasteiger partial charge in [-0.2, -0.15) is 0 Å². The first-order valence-corrected chi connectivity index (χ1v) is 10.6. The van der Waals surface area contributed by atoms with E-state index in [4.69, 9.17) is 0 Å². The molecule has 0 aliphatic heterocycles. The lowest BCUT2D eigenvalue weighted by Gasteiger charge is -2.08. The van der Waals surface area contributed by atoms with Gasteiger partial charge in [0.25, 0.3) is 0 Å². The van der Waals surface area contributed by atoms with Crippen molar-refractivity contribution >= 4 is 56.5 Å². The molecule has 0 unspecified atom stereocenters. The van der Waals surface area contributed by atoms with Crippen molar-refractivity contribution in [2.24, 2.45) is 0 Å². The fraction of sp³-hybridized carbons (Fsp3) is 0.158. The number of rotatable bonds is 6. The lowest BCUT2D eigenvalue weighted by atomic mass is 10.1. The van der Waals surface area contributed by atoms with Gasteiger partial charge in [0.05, 0.1) is 16.8 Å². The third-order valence-electron chi connectivity index (χ3n) is 4.38. The number of carbonyl (C=O) groups excluding carboxylic acids is 1. The summed E-state index contributed by atoms with van der Waals surface area (Å²) in [5.74, 6) is 0.0475. The van der Waals surface area contributed by atoms with E-state index in [1.807, 2.05) is 12.1 Å². The summed E-state index contributed by atoms with van der Waals surface area (Å²) in [6.45, 7) is 4.12. The maximum absolute atomic E-state index is 12.2. The fourth-order valence-corrected chi connectivity index (χ4v) is 4.32. The van der Waals surface area contributed by atoms with Crippen LogP contribution in [-0.2, 0) is 4.79 Å². The number of aromatic nitrogens is 4. The van der Waals surface area contributed by atoms with Crippen LogP contribution in [0.25, 0.3) is 11.0 Å². The third-order valence-corrected chi connectivity index (χ3v) is 6.35. The Morgan fingerprint density at radius 2 is 1.97 bits per heavy atom. The summed E-state index contributed by atoms with van der Waals surface area (Å²) >= 11 is 2.72. The number of benzene rings is 2. The van der Waals surface area contributed by atoms with E-state index in [2.05, 4.69) is 50.7 Å². The predicted molar refractivity (Wildman–Crippen MR) is 117 cm³/mol. The summed E-state index contributed by atoms with van der Waals surface area (Å²) in [5.41, 5.74) is 5.04. The van der Waals surface area contributed by atoms with Gasteiger partial charge in [0.2, 0.25) is 11.0 Å². The number of fused-ring (bicyclic) bond motifs is 1. The molecule has 0 saturated heterocycles. The molecule has 8 nitrogen and oxygen atoms in total. The Balaban J connectivity index is 1.34. The Labute approximate surface area is 174 Å². The second kappa shape index (κ2) is 8.10. The normalized spacial score (nSPS) is 11.0. The highest BCUT2D eigenvalue weighted by molar-refractivity contribution is 8.01. The number of anilines is 3. The van der Waals surface area contributed by atoms with E-state index < -0.39 is 0 Å². The largest absolute Gasteiger partial charge is 0.330 e. The van der Waals surface area contributed by atoms with Crippen molar-refractivity contribution in [1.29, 1.82) is 0 Å². The highest BCUT2D eigenvalue weighted by Crippen LogP contribution is 2.29. The van der Waals surface area contributed by atoms with E-state index in [0.29, 0.717) is 26.2 Å². The first kappa shape index (κ1) is 19.2. The van der Waals surface area contributed by atoms with Gasteiger partial charge < -0.3 is 20.6 Å². The number of carbonyl (C=O) groups is 1. The van der Waals surface area contributed by atoms with Gasteiger partial charge in [0.1, 0.15) is 0 Å². The summed E-state index contributed by atoms with van der Waals surface area (Å²) in [4.78, 5) is 28.9. The molecule has 0 fully saturated rings. The van der Waals surface area contributed by atoms with Crippen LogP contribution in [0.3, 0.4) is 0 Å². The van der Waals surface area contributed by atoms with Crippen LogP contribution in [0.15, 0.2) is 45.5 Å². The van der Waals surface area contributed by atoms with Crippen molar-refractivity contribution < 1.29 is 4.79 Å². The minimum Gasteiger partial charge on any atom is -0.330 e. The zero-order valence-corrected chi connectivity index (χ0v) is 17.3. The van der Waals surface area contributed by atoms with Crippen LogP contribution in [0.1, 0.15) is 11.1 Å². The molecular formula is C19H18N6O2S2. The SMILES string of the molecule is Cc1cccc(Nc2nnc(SCC(=O)Nc3ccc4[nH]c(=O)[nH]c4c3)s2)c1C. The van der Waals surface area contributed by atoms with Crippen LogP contribution < -0.4 is 16.3 Å². The average molecular weight is 427 g/mol. The highest BCUT2D eigenvalue weighted by Gasteiger charge is 2.10. The van der Waals surface area contributed by atoms with Gasteiger partial charge in [-0.25, -0.2) is 4.79 Å². The summed E-state index contributed by atoms with van der Waals surface area (Å²) in [6.07, 6.45) is 0. The molecule has 0 spiro atoms. The van der Waals surface area contributed by atoms with E-state index in [0.717, 1.165) is 11.3 Å². The first-order valence-electron chi connectivity index (χ1n) is 8.79. The van der Waals surface area contributed by atoms with Crippen LogP contribution >= 0.6 is 23.1 Å². The third kappa shape index (κ3) is 4.49. The quantitative estimate of drug-likeness (QED) is 0.349. The Bertz CT molecular complexity index is 1240. The number of aryl methyl sites for hydroxylation is 1. The number of imidazole rings is 1. The number of aromatic amines is 2. The van der Waals surface area contributed by atoms with Crippen molar-refractivity contribution in [2.45, 2.75) is 18.2 Å². The van der Waals surface area contributed by atoms with E-state index in [1.165, 1.54) is 28.7 Å². The van der Waals surface area contributed by atoms with Crippen LogP contribution in [0, 0.1) is 13.8 Å². The summed E-state index contributed by atoms with van der Waals surface area (Å²) in [7, 11) is 0. The van der Waals surface area contributed by atoms with E-state index in [-0.39, 0.29) is 17.3 Å². The van der Waals surface area contributed by atoms with Gasteiger partial charge in [0, 0.05) is 11.4 Å². The Hall–Kier alpha value is -3.11. The van der Waals surface area contributed by atoms with Gasteiger partial charge in [-0.05, 0) is 49.2 Å². The molecule has 4 rings (SSSR count). The lowest BCUT2D eigenvalue weighted by Crippen LogP contribution is -2.13. The molecule has 0 bridgehead atoms. The summed E-state index contributed by atoms with van der Waals surface area (Å²) in [5, 5.41) is 15.1. The molecule has 0 saturated carbocycles. The number of nitrogens with one attached hydrogen (secondary N) is 4. The van der Waals surface area contributed by atoms with Gasteiger partial charge >= 0.3 is 5.69 Å². The van der Waals surface area contributed by atoms with Gasteiger partial charge in [-0.3, -0.25) is 4.79 Å². The zero-order valence-electron chi connectivity index (χ0n) is 15.7. The molecule has 10 heteroatoms. The molecule has 1 amide bonds. The molecule has 4 aromatic rings. The van der Waals surface area contributed by atoms with Gasteiger partial charge in [-0.15, -0.1) is 10.2 Å². The standard InChI is InChI=1S/C19H18N6O2S2/c1-10-4-3-5-13(11(10)2)23-18-24-25-19(29-18)28-9-16(26)20-12-6-7-14-15(8-12)22-17(27)21-14/h3-8H,9H2,1-2H3,(H,20,26)(H,23,24)(H2,21,22,27). The van der Waals surface area contributed by atoms with Crippen molar-refractivity contribution in [1.82, 2.24) is 20.2 Å². The first-order chi connectivity index (χ1) is 14.0. The topological polar surface area (TPSA) is 116 Å². The fourth-order valence-electron chi connectivity index (χ4n) is 2.75. The molecule has 0 radical (unpaired) electrons. The highest BCUT2D eigenvalue weighted by atomic mass is 32.2. The van der Waals surface area contributed by atoms with Crippen molar-refractivity contribution in [2.75, 3.05) is 16.4 Å². The Kier molecular flexibility index (Phi) is 5.36. The zero-order chi connectivity index (χ0) is 20.4. The smallest absolute Gasteiger partial charge is 0.323 e. The molecule has 0 aliphatic rings. The maximum Gasteiger partial charge on any atom is 0.323 e. The van der Waals surface area contributed by atoms with Gasteiger partial charge in [-0.1, -0.05) is 35.2 Å².